The Morgan fingerprint density at radius 3 is 2.06 bits per heavy atom. The van der Waals surface area contributed by atoms with E-state index in [0.29, 0.717) is 0 Å². The molecule has 18 heavy (non-hydrogen) atoms. The highest BCUT2D eigenvalue weighted by atomic mass is 14.8. The fraction of sp³-hybridized carbons (Fsp3) is 0.500. The Labute approximate surface area is 110 Å². The average molecular weight is 244 g/mol. The molecule has 0 saturated carbocycles. The number of fused-ring (bicyclic) bond motifs is 1. The van der Waals surface area contributed by atoms with Gasteiger partial charge in [-0.05, 0) is 6.08 Å². The maximum Gasteiger partial charge on any atom is 0.116 e. The van der Waals surface area contributed by atoms with Gasteiger partial charge in [0.1, 0.15) is 6.33 Å². The van der Waals surface area contributed by atoms with Crippen LogP contribution in [0.1, 0.15) is 41.5 Å². The third-order valence-corrected chi connectivity index (χ3v) is 2.75. The molecule has 1 aliphatic carbocycles. The van der Waals surface area contributed by atoms with Gasteiger partial charge in [-0.15, -0.1) is 0 Å². The lowest BCUT2D eigenvalue weighted by molar-refractivity contribution is 0.615. The van der Waals surface area contributed by atoms with Crippen molar-refractivity contribution < 1.29 is 0 Å². The van der Waals surface area contributed by atoms with E-state index in [-0.39, 0.29) is 10.8 Å². The second-order valence-electron chi connectivity index (χ2n) is 5.63. The molecule has 0 fully saturated rings. The van der Waals surface area contributed by atoms with E-state index >= 15 is 0 Å². The molecule has 0 atom stereocenters. The van der Waals surface area contributed by atoms with Crippen LogP contribution in [0, 0.1) is 10.8 Å². The van der Waals surface area contributed by atoms with E-state index in [1.54, 1.807) is 6.33 Å². The molecule has 0 aromatic carbocycles. The molecular formula is C16H24N2. The van der Waals surface area contributed by atoms with Gasteiger partial charge in [0.2, 0.25) is 0 Å². The maximum absolute atomic E-state index is 4.35. The molecule has 0 N–H and O–H groups in total. The van der Waals surface area contributed by atoms with E-state index in [2.05, 4.69) is 62.0 Å². The molecule has 1 aromatic rings. The fourth-order valence-corrected chi connectivity index (χ4v) is 1.86. The van der Waals surface area contributed by atoms with E-state index in [1.807, 2.05) is 20.0 Å². The smallest absolute Gasteiger partial charge is 0.116 e. The first-order valence-electron chi connectivity index (χ1n) is 6.60. The van der Waals surface area contributed by atoms with Crippen molar-refractivity contribution in [2.24, 2.45) is 10.8 Å². The molecule has 0 saturated heterocycles. The van der Waals surface area contributed by atoms with E-state index in [0.717, 1.165) is 10.6 Å². The minimum atomic E-state index is 0.0363. The van der Waals surface area contributed by atoms with Crippen LogP contribution in [0.25, 0.3) is 12.2 Å². The predicted octanol–water partition coefficient (Wildman–Crippen LogP) is 2.69. The van der Waals surface area contributed by atoms with Crippen LogP contribution in [0.15, 0.2) is 24.7 Å². The molecule has 2 nitrogen and oxygen atoms in total. The van der Waals surface area contributed by atoms with Crippen molar-refractivity contribution in [3.63, 3.8) is 0 Å². The Balaban J connectivity index is 0.000000771. The summed E-state index contributed by atoms with van der Waals surface area (Å²) in [4.78, 5) is 8.45. The van der Waals surface area contributed by atoms with Crippen LogP contribution in [0.4, 0.5) is 0 Å². The molecule has 2 rings (SSSR count). The third-order valence-electron chi connectivity index (χ3n) is 2.75. The van der Waals surface area contributed by atoms with Gasteiger partial charge in [0.15, 0.2) is 0 Å². The van der Waals surface area contributed by atoms with Crippen molar-refractivity contribution in [2.45, 2.75) is 41.5 Å². The Bertz CT molecular complexity index is 487. The monoisotopic (exact) mass is 244 g/mol. The summed E-state index contributed by atoms with van der Waals surface area (Å²) < 4.78 is 0. The van der Waals surface area contributed by atoms with Crippen LogP contribution >= 0.6 is 0 Å². The van der Waals surface area contributed by atoms with Gasteiger partial charge in [-0.3, -0.25) is 0 Å². The van der Waals surface area contributed by atoms with Crippen LogP contribution in [0.3, 0.4) is 0 Å². The third kappa shape index (κ3) is 3.80. The van der Waals surface area contributed by atoms with Gasteiger partial charge in [-0.1, -0.05) is 59.8 Å². The van der Waals surface area contributed by atoms with Gasteiger partial charge >= 0.3 is 0 Å². The number of aromatic nitrogens is 2. The highest BCUT2D eigenvalue weighted by molar-refractivity contribution is 5.43. The van der Waals surface area contributed by atoms with Gasteiger partial charge in [0, 0.05) is 22.2 Å². The van der Waals surface area contributed by atoms with E-state index in [9.17, 15) is 0 Å². The second-order valence-corrected chi connectivity index (χ2v) is 5.63. The van der Waals surface area contributed by atoms with Gasteiger partial charge in [0.05, 0.1) is 5.35 Å². The van der Waals surface area contributed by atoms with Crippen molar-refractivity contribution in [1.82, 2.24) is 9.97 Å². The van der Waals surface area contributed by atoms with Gasteiger partial charge in [-0.2, -0.15) is 0 Å². The molecule has 0 radical (unpaired) electrons. The number of rotatable bonds is 0. The molecule has 1 aromatic heterocycles. The minimum absolute atomic E-state index is 0.0363. The van der Waals surface area contributed by atoms with Crippen molar-refractivity contribution in [1.29, 1.82) is 0 Å². The first kappa shape index (κ1) is 14.6. The van der Waals surface area contributed by atoms with E-state index < -0.39 is 0 Å². The molecule has 0 unspecified atom stereocenters. The molecule has 1 aliphatic rings. The van der Waals surface area contributed by atoms with Gasteiger partial charge in [0.25, 0.3) is 0 Å². The quantitative estimate of drug-likeness (QED) is 0.656. The summed E-state index contributed by atoms with van der Waals surface area (Å²) in [6, 6.07) is 0. The van der Waals surface area contributed by atoms with Crippen molar-refractivity contribution in [2.75, 3.05) is 0 Å². The number of hydrogen-bond donors (Lipinski definition) is 0. The first-order valence-corrected chi connectivity index (χ1v) is 6.60. The maximum atomic E-state index is 4.35. The number of allylic oxidation sites excluding steroid dienone is 2. The zero-order chi connectivity index (χ0) is 13.8. The molecule has 98 valence electrons. The fourth-order valence-electron chi connectivity index (χ4n) is 1.86. The SMILES string of the molecule is CC.CC1(C)/C=C\C(C)(C)/C=c2/ncnc/c2=C/1. The van der Waals surface area contributed by atoms with Crippen molar-refractivity contribution >= 4 is 12.2 Å². The molecule has 0 aliphatic heterocycles. The lowest BCUT2D eigenvalue weighted by atomic mass is 9.83. The number of hydrogen-bond acceptors (Lipinski definition) is 2. The Hall–Kier alpha value is -1.44. The molecular weight excluding hydrogens is 220 g/mol. The molecule has 2 heteroatoms. The van der Waals surface area contributed by atoms with Crippen LogP contribution in [-0.4, -0.2) is 9.97 Å². The van der Waals surface area contributed by atoms with Crippen molar-refractivity contribution in [3.05, 3.63) is 35.2 Å². The highest BCUT2D eigenvalue weighted by Crippen LogP contribution is 2.26. The molecule has 0 spiro atoms. The Kier molecular flexibility index (Phi) is 4.44. The molecule has 0 amide bonds. The van der Waals surface area contributed by atoms with Crippen LogP contribution in [-0.2, 0) is 0 Å². The second kappa shape index (κ2) is 5.47. The molecule has 0 bridgehead atoms. The van der Waals surface area contributed by atoms with Crippen LogP contribution in [0.2, 0.25) is 0 Å². The molecule has 1 heterocycles. The largest absolute Gasteiger partial charge is 0.244 e. The summed E-state index contributed by atoms with van der Waals surface area (Å²) >= 11 is 0. The van der Waals surface area contributed by atoms with Crippen LogP contribution < -0.4 is 10.6 Å². The Morgan fingerprint density at radius 2 is 1.44 bits per heavy atom. The first-order chi connectivity index (χ1) is 8.38. The summed E-state index contributed by atoms with van der Waals surface area (Å²) in [5.41, 5.74) is 0.0830. The van der Waals surface area contributed by atoms with Crippen molar-refractivity contribution in [3.8, 4) is 0 Å². The van der Waals surface area contributed by atoms with Gasteiger partial charge in [-0.25, -0.2) is 9.97 Å². The normalized spacial score (nSPS) is 24.6. The van der Waals surface area contributed by atoms with Crippen LogP contribution in [0.5, 0.6) is 0 Å². The number of nitrogens with zero attached hydrogens (tertiary/aromatic N) is 2. The van der Waals surface area contributed by atoms with Gasteiger partial charge < -0.3 is 0 Å². The average Bonchev–Trinajstić information content (AvgIpc) is 2.31. The Morgan fingerprint density at radius 1 is 0.889 bits per heavy atom. The minimum Gasteiger partial charge on any atom is -0.244 e. The highest BCUT2D eigenvalue weighted by Gasteiger charge is 2.17. The zero-order valence-corrected chi connectivity index (χ0v) is 12.4. The topological polar surface area (TPSA) is 25.8 Å². The summed E-state index contributed by atoms with van der Waals surface area (Å²) in [7, 11) is 0. The summed E-state index contributed by atoms with van der Waals surface area (Å²) in [5.74, 6) is 0. The lowest BCUT2D eigenvalue weighted by Gasteiger charge is -2.22. The lowest BCUT2D eigenvalue weighted by Crippen LogP contribution is -2.33. The standard InChI is InChI=1S/C14H18N2.C2H6/c1-13(2)5-6-14(3,4)8-12-11(7-13)9-15-10-16-12;1-2/h5-10H,1-4H3;1-2H3/b6-5-,11-7-,12-8+;. The zero-order valence-electron chi connectivity index (χ0n) is 12.4. The summed E-state index contributed by atoms with van der Waals surface area (Å²) in [6.45, 7) is 12.8. The van der Waals surface area contributed by atoms with E-state index in [4.69, 9.17) is 0 Å². The van der Waals surface area contributed by atoms with E-state index in [1.165, 1.54) is 0 Å². The summed E-state index contributed by atoms with van der Waals surface area (Å²) in [5, 5.41) is 2.14. The summed E-state index contributed by atoms with van der Waals surface area (Å²) in [6.07, 6.45) is 12.4. The predicted molar refractivity (Wildman–Crippen MR) is 78.3 cm³/mol.